The Bertz CT molecular complexity index is 1150. The van der Waals surface area contributed by atoms with Crippen LogP contribution in [0.5, 0.6) is 0 Å². The molecule has 11 heteroatoms. The molecule has 0 radical (unpaired) electrons. The van der Waals surface area contributed by atoms with Gasteiger partial charge >= 0.3 is 11.9 Å². The van der Waals surface area contributed by atoms with Crippen LogP contribution in [-0.4, -0.2) is 79.4 Å². The number of carboxylic acids is 2. The van der Waals surface area contributed by atoms with E-state index in [1.165, 1.54) is 0 Å². The Morgan fingerprint density at radius 2 is 1.66 bits per heavy atom. The number of para-hydroxylation sites is 1. The van der Waals surface area contributed by atoms with Gasteiger partial charge < -0.3 is 24.3 Å². The Labute approximate surface area is 202 Å². The molecule has 2 aromatic heterocycles. The van der Waals surface area contributed by atoms with Gasteiger partial charge in [-0.1, -0.05) is 18.2 Å². The summed E-state index contributed by atoms with van der Waals surface area (Å²) < 4.78 is 13.7. The number of carbonyl (C=O) groups is 2. The van der Waals surface area contributed by atoms with Crippen molar-refractivity contribution in [2.75, 3.05) is 26.3 Å². The van der Waals surface area contributed by atoms with Crippen molar-refractivity contribution in [3.8, 4) is 11.6 Å². The molecule has 0 unspecified atom stereocenters. The van der Waals surface area contributed by atoms with E-state index in [-0.39, 0.29) is 6.04 Å². The molecule has 2 aliphatic heterocycles. The van der Waals surface area contributed by atoms with Gasteiger partial charge in [-0.15, -0.1) is 10.2 Å². The lowest BCUT2D eigenvalue weighted by atomic mass is 9.94. The molecule has 0 amide bonds. The van der Waals surface area contributed by atoms with Gasteiger partial charge in [0.1, 0.15) is 0 Å². The van der Waals surface area contributed by atoms with Gasteiger partial charge in [0.2, 0.25) is 5.89 Å². The van der Waals surface area contributed by atoms with Crippen LogP contribution in [-0.2, 0) is 14.3 Å². The third-order valence-corrected chi connectivity index (χ3v) is 6.52. The van der Waals surface area contributed by atoms with E-state index in [0.29, 0.717) is 17.9 Å². The van der Waals surface area contributed by atoms with E-state index in [2.05, 4.69) is 41.1 Å². The highest BCUT2D eigenvalue weighted by Crippen LogP contribution is 2.33. The maximum atomic E-state index is 9.10. The highest BCUT2D eigenvalue weighted by Gasteiger charge is 2.30. The number of aliphatic carboxylic acids is 2. The van der Waals surface area contributed by atoms with Crippen molar-refractivity contribution in [1.29, 1.82) is 0 Å². The van der Waals surface area contributed by atoms with E-state index in [1.807, 2.05) is 16.8 Å². The van der Waals surface area contributed by atoms with Crippen molar-refractivity contribution in [3.63, 3.8) is 0 Å². The maximum absolute atomic E-state index is 9.10. The zero-order chi connectivity index (χ0) is 24.9. The Morgan fingerprint density at radius 1 is 1.00 bits per heavy atom. The molecule has 11 nitrogen and oxygen atoms in total. The van der Waals surface area contributed by atoms with Crippen molar-refractivity contribution >= 4 is 22.8 Å². The Hall–Kier alpha value is -3.31. The molecule has 2 aliphatic rings. The summed E-state index contributed by atoms with van der Waals surface area (Å²) >= 11 is 0. The number of carboxylic acid groups (broad SMARTS) is 2. The van der Waals surface area contributed by atoms with Gasteiger partial charge in [0.25, 0.3) is 5.89 Å². The second kappa shape index (κ2) is 11.0. The van der Waals surface area contributed by atoms with Crippen LogP contribution in [0.25, 0.3) is 22.5 Å². The van der Waals surface area contributed by atoms with Crippen molar-refractivity contribution in [3.05, 3.63) is 30.2 Å². The molecule has 0 spiro atoms. The highest BCUT2D eigenvalue weighted by atomic mass is 16.5. The highest BCUT2D eigenvalue weighted by molar-refractivity contribution is 6.27. The fourth-order valence-electron chi connectivity index (χ4n) is 4.70. The van der Waals surface area contributed by atoms with Crippen molar-refractivity contribution in [1.82, 2.24) is 24.9 Å². The Balaban J connectivity index is 0.000000431. The zero-order valence-corrected chi connectivity index (χ0v) is 20.0. The van der Waals surface area contributed by atoms with Gasteiger partial charge in [0, 0.05) is 36.6 Å². The van der Waals surface area contributed by atoms with Crippen molar-refractivity contribution in [2.45, 2.75) is 57.5 Å². The van der Waals surface area contributed by atoms with Gasteiger partial charge in [-0.25, -0.2) is 9.59 Å². The summed E-state index contributed by atoms with van der Waals surface area (Å²) in [5.41, 5.74) is 1.88. The Morgan fingerprint density at radius 3 is 2.29 bits per heavy atom. The lowest BCUT2D eigenvalue weighted by Crippen LogP contribution is -2.43. The minimum absolute atomic E-state index is 0.269. The first kappa shape index (κ1) is 24.8. The predicted octanol–water partition coefficient (Wildman–Crippen LogP) is 3.18. The standard InChI is InChI=1S/C22H29N5O2.C2H2O4/c1-15(2)27-19-6-4-3-5-18(19)20(25-27)22-24-23-21(29-22)16-7-11-26(12-8-16)17-9-13-28-14-10-17;3-1(4)2(5)6/h3-6,15-17H,7-14H2,1-2H3;(H,3,4)(H,5,6). The lowest BCUT2D eigenvalue weighted by Gasteiger charge is -2.38. The largest absolute Gasteiger partial charge is 0.473 e. The second-order valence-corrected chi connectivity index (χ2v) is 9.11. The minimum Gasteiger partial charge on any atom is -0.473 e. The normalized spacial score (nSPS) is 17.9. The third kappa shape index (κ3) is 5.68. The van der Waals surface area contributed by atoms with Gasteiger partial charge in [-0.2, -0.15) is 5.10 Å². The molecule has 0 bridgehead atoms. The predicted molar refractivity (Wildman–Crippen MR) is 126 cm³/mol. The molecule has 5 rings (SSSR count). The number of rotatable bonds is 4. The van der Waals surface area contributed by atoms with Gasteiger partial charge in [0.05, 0.1) is 5.52 Å². The minimum atomic E-state index is -1.82. The first-order valence-corrected chi connectivity index (χ1v) is 11.9. The van der Waals surface area contributed by atoms with E-state index >= 15 is 0 Å². The number of benzene rings is 1. The summed E-state index contributed by atoms with van der Waals surface area (Å²) in [4.78, 5) is 20.8. The fourth-order valence-corrected chi connectivity index (χ4v) is 4.70. The Kier molecular flexibility index (Phi) is 7.76. The molecule has 1 aromatic carbocycles. The van der Waals surface area contributed by atoms with Crippen LogP contribution >= 0.6 is 0 Å². The second-order valence-electron chi connectivity index (χ2n) is 9.11. The number of ether oxygens (including phenoxy) is 1. The molecule has 2 fully saturated rings. The molecule has 35 heavy (non-hydrogen) atoms. The summed E-state index contributed by atoms with van der Waals surface area (Å²) in [6, 6.07) is 9.18. The monoisotopic (exact) mass is 485 g/mol. The van der Waals surface area contributed by atoms with Crippen molar-refractivity contribution in [2.24, 2.45) is 0 Å². The molecule has 0 atom stereocenters. The maximum Gasteiger partial charge on any atom is 0.414 e. The van der Waals surface area contributed by atoms with Gasteiger partial charge in [0.15, 0.2) is 5.69 Å². The molecule has 0 aliphatic carbocycles. The third-order valence-electron chi connectivity index (χ3n) is 6.52. The summed E-state index contributed by atoms with van der Waals surface area (Å²) in [5.74, 6) is -2.02. The molecular weight excluding hydrogens is 454 g/mol. The fraction of sp³-hybridized carbons (Fsp3) is 0.542. The number of hydrogen-bond donors (Lipinski definition) is 2. The van der Waals surface area contributed by atoms with E-state index in [0.717, 1.165) is 74.5 Å². The number of hydrogen-bond acceptors (Lipinski definition) is 8. The van der Waals surface area contributed by atoms with Crippen LogP contribution in [0.3, 0.4) is 0 Å². The van der Waals surface area contributed by atoms with Crippen LogP contribution in [0.2, 0.25) is 0 Å². The van der Waals surface area contributed by atoms with E-state index in [1.54, 1.807) is 0 Å². The number of likely N-dealkylation sites (tertiary alicyclic amines) is 1. The number of fused-ring (bicyclic) bond motifs is 1. The van der Waals surface area contributed by atoms with Crippen LogP contribution in [0.1, 0.15) is 57.4 Å². The van der Waals surface area contributed by atoms with E-state index in [4.69, 9.17) is 34.1 Å². The summed E-state index contributed by atoms with van der Waals surface area (Å²) in [6.45, 7) is 8.25. The number of aromatic nitrogens is 4. The molecule has 4 heterocycles. The number of piperidine rings is 1. The smallest absolute Gasteiger partial charge is 0.414 e. The summed E-state index contributed by atoms with van der Waals surface area (Å²) in [6.07, 6.45) is 4.45. The molecule has 2 saturated heterocycles. The summed E-state index contributed by atoms with van der Waals surface area (Å²) in [7, 11) is 0. The molecular formula is C24H31N5O6. The van der Waals surface area contributed by atoms with E-state index in [9.17, 15) is 0 Å². The van der Waals surface area contributed by atoms with Crippen LogP contribution in [0.15, 0.2) is 28.7 Å². The summed E-state index contributed by atoms with van der Waals surface area (Å²) in [5, 5.41) is 29.4. The van der Waals surface area contributed by atoms with Crippen LogP contribution < -0.4 is 0 Å². The van der Waals surface area contributed by atoms with E-state index < -0.39 is 11.9 Å². The molecule has 0 saturated carbocycles. The van der Waals surface area contributed by atoms with Crippen molar-refractivity contribution < 1.29 is 29.0 Å². The van der Waals surface area contributed by atoms with Gasteiger partial charge in [-0.05, 0) is 58.7 Å². The van der Waals surface area contributed by atoms with Gasteiger partial charge in [-0.3, -0.25) is 4.68 Å². The zero-order valence-electron chi connectivity index (χ0n) is 20.0. The SMILES string of the molecule is CC(C)n1nc(-c2nnc(C3CCN(C4CCOCC4)CC3)o2)c2ccccc21.O=C(O)C(=O)O. The average Bonchev–Trinajstić information content (AvgIpc) is 3.50. The first-order chi connectivity index (χ1) is 16.8. The molecule has 188 valence electrons. The van der Waals surface area contributed by atoms with Crippen LogP contribution in [0.4, 0.5) is 0 Å². The molecule has 3 aromatic rings. The quantitative estimate of drug-likeness (QED) is 0.529. The van der Waals surface area contributed by atoms with Crippen LogP contribution in [0, 0.1) is 0 Å². The topological polar surface area (TPSA) is 144 Å². The first-order valence-electron chi connectivity index (χ1n) is 11.9. The number of nitrogens with zero attached hydrogens (tertiary/aromatic N) is 5. The lowest BCUT2D eigenvalue weighted by molar-refractivity contribution is -0.159. The average molecular weight is 486 g/mol. The molecule has 2 N–H and O–H groups in total.